The highest BCUT2D eigenvalue weighted by molar-refractivity contribution is 6.32. The van der Waals surface area contributed by atoms with Crippen molar-refractivity contribution in [1.82, 2.24) is 4.40 Å². The zero-order chi connectivity index (χ0) is 14.6. The Morgan fingerprint density at radius 2 is 1.90 bits per heavy atom. The van der Waals surface area contributed by atoms with E-state index in [2.05, 4.69) is 0 Å². The van der Waals surface area contributed by atoms with Crippen LogP contribution in [0.2, 0.25) is 5.02 Å². The summed E-state index contributed by atoms with van der Waals surface area (Å²) < 4.78 is 16.2. The second-order valence-electron chi connectivity index (χ2n) is 4.85. The minimum absolute atomic E-state index is 0.197. The molecule has 0 aliphatic rings. The molecule has 0 saturated carbocycles. The first-order valence-corrected chi connectivity index (χ1v) is 6.76. The molecule has 0 atom stereocenters. The zero-order valence-corrected chi connectivity index (χ0v) is 11.5. The molecular formula is C16H9ClFN2O+. The summed E-state index contributed by atoms with van der Waals surface area (Å²) in [6.45, 7) is 0. The van der Waals surface area contributed by atoms with Gasteiger partial charge in [0.05, 0.1) is 10.4 Å². The summed E-state index contributed by atoms with van der Waals surface area (Å²) in [6, 6.07) is 11.7. The molecule has 5 heteroatoms. The molecular weight excluding hydrogens is 291 g/mol. The lowest BCUT2D eigenvalue weighted by atomic mass is 10.2. The molecule has 0 amide bonds. The fraction of sp³-hybridized carbons (Fsp3) is 0. The van der Waals surface area contributed by atoms with Crippen molar-refractivity contribution in [3.63, 3.8) is 0 Å². The van der Waals surface area contributed by atoms with Crippen LogP contribution in [0, 0.1) is 5.82 Å². The summed E-state index contributed by atoms with van der Waals surface area (Å²) >= 11 is 6.07. The molecule has 4 rings (SSSR count). The summed E-state index contributed by atoms with van der Waals surface area (Å²) in [6.07, 6.45) is 3.46. The lowest BCUT2D eigenvalue weighted by molar-refractivity contribution is -0.614. The lowest BCUT2D eigenvalue weighted by Crippen LogP contribution is -2.50. The van der Waals surface area contributed by atoms with Crippen LogP contribution in [0.5, 0.6) is 0 Å². The first-order valence-electron chi connectivity index (χ1n) is 6.39. The minimum atomic E-state index is -0.433. The van der Waals surface area contributed by atoms with Crippen LogP contribution in [0.15, 0.2) is 59.7 Å². The van der Waals surface area contributed by atoms with Gasteiger partial charge in [0.25, 0.3) is 0 Å². The molecule has 4 aromatic rings. The number of aromatic nitrogens is 2. The number of rotatable bonds is 1. The second kappa shape index (κ2) is 4.27. The second-order valence-corrected chi connectivity index (χ2v) is 5.26. The van der Waals surface area contributed by atoms with Gasteiger partial charge >= 0.3 is 5.69 Å². The topological polar surface area (TPSA) is 25.4 Å². The SMILES string of the molecule is O=c1n2ccc3cccc(c[n+]1-c1ccc(F)cc1Cl)c32. The predicted molar refractivity (Wildman–Crippen MR) is 78.9 cm³/mol. The maximum atomic E-state index is 13.2. The van der Waals surface area contributed by atoms with E-state index >= 15 is 0 Å². The summed E-state index contributed by atoms with van der Waals surface area (Å²) in [5, 5.41) is 2.11. The molecule has 0 bridgehead atoms. The Labute approximate surface area is 123 Å². The molecule has 2 heterocycles. The Balaban J connectivity index is 2.14. The van der Waals surface area contributed by atoms with Gasteiger partial charge in [-0.1, -0.05) is 23.7 Å². The average molecular weight is 300 g/mol. The summed E-state index contributed by atoms with van der Waals surface area (Å²) in [4.78, 5) is 12.6. The standard InChI is InChI=1S/C16H9ClFN2O/c17-13-8-12(18)4-5-14(13)20-9-11-3-1-2-10-6-7-19(15(10)11)16(20)21/h1-9H/q+1. The highest BCUT2D eigenvalue weighted by atomic mass is 35.5. The quantitative estimate of drug-likeness (QED) is 0.496. The fourth-order valence-corrected chi connectivity index (χ4v) is 2.90. The monoisotopic (exact) mass is 299 g/mol. The molecule has 3 nitrogen and oxygen atoms in total. The van der Waals surface area contributed by atoms with Gasteiger partial charge in [-0.2, -0.15) is 13.8 Å². The van der Waals surface area contributed by atoms with E-state index in [1.54, 1.807) is 16.8 Å². The Morgan fingerprint density at radius 1 is 1.10 bits per heavy atom. The van der Waals surface area contributed by atoms with Crippen molar-refractivity contribution < 1.29 is 8.96 Å². The number of nitrogens with zero attached hydrogens (tertiary/aromatic N) is 2. The molecule has 2 aromatic carbocycles. The van der Waals surface area contributed by atoms with Crippen molar-refractivity contribution in [2.24, 2.45) is 0 Å². The van der Waals surface area contributed by atoms with E-state index in [1.165, 1.54) is 22.8 Å². The van der Waals surface area contributed by atoms with Gasteiger partial charge in [0.2, 0.25) is 0 Å². The van der Waals surface area contributed by atoms with Gasteiger partial charge in [-0.05, 0) is 30.3 Å². The van der Waals surface area contributed by atoms with E-state index in [9.17, 15) is 9.18 Å². The number of hydrogen-bond donors (Lipinski definition) is 0. The molecule has 0 fully saturated rings. The predicted octanol–water partition coefficient (Wildman–Crippen LogP) is 2.96. The maximum absolute atomic E-state index is 13.2. The Morgan fingerprint density at radius 3 is 2.71 bits per heavy atom. The van der Waals surface area contributed by atoms with E-state index in [-0.39, 0.29) is 10.7 Å². The van der Waals surface area contributed by atoms with Gasteiger partial charge in [-0.3, -0.25) is 0 Å². The summed E-state index contributed by atoms with van der Waals surface area (Å²) in [5.41, 5.74) is 1.09. The zero-order valence-electron chi connectivity index (χ0n) is 10.8. The van der Waals surface area contributed by atoms with Crippen molar-refractivity contribution in [3.05, 3.63) is 76.2 Å². The third-order valence-electron chi connectivity index (χ3n) is 3.59. The molecule has 2 aromatic heterocycles. The highest BCUT2D eigenvalue weighted by Crippen LogP contribution is 2.21. The Bertz CT molecular complexity index is 1040. The van der Waals surface area contributed by atoms with Crippen LogP contribution in [-0.2, 0) is 0 Å². The maximum Gasteiger partial charge on any atom is 0.508 e. The molecule has 0 aliphatic heterocycles. The summed E-state index contributed by atoms with van der Waals surface area (Å²) in [7, 11) is 0. The van der Waals surface area contributed by atoms with Gasteiger partial charge in [-0.15, -0.1) is 0 Å². The third kappa shape index (κ3) is 1.73. The van der Waals surface area contributed by atoms with E-state index < -0.39 is 5.82 Å². The van der Waals surface area contributed by atoms with Crippen LogP contribution in [0.1, 0.15) is 0 Å². The first-order chi connectivity index (χ1) is 10.1. The van der Waals surface area contributed by atoms with Crippen molar-refractivity contribution in [3.8, 4) is 5.69 Å². The van der Waals surface area contributed by atoms with Crippen LogP contribution >= 0.6 is 11.6 Å². The molecule has 0 saturated heterocycles. The molecule has 0 unspecified atom stereocenters. The Kier molecular flexibility index (Phi) is 2.50. The third-order valence-corrected chi connectivity index (χ3v) is 3.89. The van der Waals surface area contributed by atoms with Gasteiger partial charge in [-0.25, -0.2) is 4.39 Å². The first kappa shape index (κ1) is 12.3. The van der Waals surface area contributed by atoms with Crippen molar-refractivity contribution in [2.75, 3.05) is 0 Å². The van der Waals surface area contributed by atoms with Crippen molar-refractivity contribution in [1.29, 1.82) is 0 Å². The molecule has 0 radical (unpaired) electrons. The van der Waals surface area contributed by atoms with Gasteiger partial charge in [0.1, 0.15) is 18.2 Å². The van der Waals surface area contributed by atoms with Crippen LogP contribution in [0.25, 0.3) is 22.0 Å². The lowest BCUT2D eigenvalue weighted by Gasteiger charge is -2.03. The van der Waals surface area contributed by atoms with Gasteiger partial charge in [0.15, 0.2) is 11.2 Å². The molecule has 0 N–H and O–H groups in total. The minimum Gasteiger partial charge on any atom is -0.207 e. The number of benzene rings is 2. The average Bonchev–Trinajstić information content (AvgIpc) is 2.89. The normalized spacial score (nSPS) is 11.5. The molecule has 21 heavy (non-hydrogen) atoms. The van der Waals surface area contributed by atoms with E-state index in [0.717, 1.165) is 16.3 Å². The number of para-hydroxylation sites is 1. The Hall–Kier alpha value is -2.46. The largest absolute Gasteiger partial charge is 0.508 e. The van der Waals surface area contributed by atoms with E-state index in [0.29, 0.717) is 5.69 Å². The molecule has 102 valence electrons. The van der Waals surface area contributed by atoms with Gasteiger partial charge in [0, 0.05) is 5.39 Å². The van der Waals surface area contributed by atoms with Crippen LogP contribution in [0.4, 0.5) is 4.39 Å². The highest BCUT2D eigenvalue weighted by Gasteiger charge is 2.19. The number of hydrogen-bond acceptors (Lipinski definition) is 1. The van der Waals surface area contributed by atoms with E-state index in [1.807, 2.05) is 24.3 Å². The molecule has 0 spiro atoms. The van der Waals surface area contributed by atoms with E-state index in [4.69, 9.17) is 11.6 Å². The smallest absolute Gasteiger partial charge is 0.207 e. The van der Waals surface area contributed by atoms with Crippen molar-refractivity contribution >= 4 is 27.9 Å². The van der Waals surface area contributed by atoms with Gasteiger partial charge < -0.3 is 0 Å². The number of halogens is 2. The molecule has 0 aliphatic carbocycles. The fourth-order valence-electron chi connectivity index (χ4n) is 2.65. The van der Waals surface area contributed by atoms with Crippen LogP contribution in [0.3, 0.4) is 0 Å². The van der Waals surface area contributed by atoms with Crippen molar-refractivity contribution in [2.45, 2.75) is 0 Å². The van der Waals surface area contributed by atoms with Crippen LogP contribution < -0.4 is 10.3 Å². The summed E-state index contributed by atoms with van der Waals surface area (Å²) in [5.74, 6) is -0.433. The van der Waals surface area contributed by atoms with Crippen LogP contribution in [-0.4, -0.2) is 4.40 Å².